The molecule has 41 heavy (non-hydrogen) atoms. The van der Waals surface area contributed by atoms with Crippen LogP contribution in [0.1, 0.15) is 51.4 Å². The largest absolute Gasteiger partial charge is 0.490 e. The molecule has 0 aromatic carbocycles. The zero-order chi connectivity index (χ0) is 30.8. The predicted molar refractivity (Wildman–Crippen MR) is 131 cm³/mol. The van der Waals surface area contributed by atoms with Crippen molar-refractivity contribution in [3.63, 3.8) is 0 Å². The Morgan fingerprint density at radius 1 is 1.02 bits per heavy atom. The summed E-state index contributed by atoms with van der Waals surface area (Å²) in [6.07, 6.45) is -1.30. The molecule has 0 bridgehead atoms. The summed E-state index contributed by atoms with van der Waals surface area (Å²) < 4.78 is 68.7. The van der Waals surface area contributed by atoms with Crippen LogP contribution in [0.15, 0.2) is 5.16 Å². The smallest absolute Gasteiger partial charge is 0.475 e. The van der Waals surface area contributed by atoms with Gasteiger partial charge >= 0.3 is 24.3 Å². The molecule has 3 fully saturated rings. The van der Waals surface area contributed by atoms with Crippen LogP contribution in [0.4, 0.5) is 26.3 Å². The summed E-state index contributed by atoms with van der Waals surface area (Å²) in [5.74, 6) is -4.73. The van der Waals surface area contributed by atoms with E-state index in [1.165, 1.54) is 25.7 Å². The van der Waals surface area contributed by atoms with Gasteiger partial charge in [-0.2, -0.15) is 26.3 Å². The van der Waals surface area contributed by atoms with Gasteiger partial charge in [0.2, 0.25) is 0 Å². The number of ether oxygens (including phenoxy) is 1. The van der Waals surface area contributed by atoms with Gasteiger partial charge in [-0.25, -0.2) is 9.59 Å². The van der Waals surface area contributed by atoms with Crippen molar-refractivity contribution in [2.75, 3.05) is 39.9 Å². The number of carboxylic acids is 2. The first-order chi connectivity index (χ1) is 19.1. The van der Waals surface area contributed by atoms with Gasteiger partial charge in [0.05, 0.1) is 12.6 Å². The number of carbonyl (C=O) groups excluding carboxylic acids is 1. The quantitative estimate of drug-likeness (QED) is 0.306. The summed E-state index contributed by atoms with van der Waals surface area (Å²) in [5.41, 5.74) is 0.136. The van der Waals surface area contributed by atoms with Gasteiger partial charge in [-0.1, -0.05) is 18.0 Å². The first-order valence-corrected chi connectivity index (χ1v) is 13.2. The van der Waals surface area contributed by atoms with Crippen molar-refractivity contribution in [1.82, 2.24) is 15.5 Å². The van der Waals surface area contributed by atoms with Crippen LogP contribution in [0, 0.1) is 5.92 Å². The molecule has 4 aliphatic rings. The Morgan fingerprint density at radius 2 is 1.59 bits per heavy atom. The minimum atomic E-state index is -5.08. The molecule has 2 aliphatic carbocycles. The van der Waals surface area contributed by atoms with Crippen LogP contribution in [0.5, 0.6) is 0 Å². The van der Waals surface area contributed by atoms with Crippen molar-refractivity contribution >= 4 is 23.6 Å². The molecule has 2 unspecified atom stereocenters. The zero-order valence-corrected chi connectivity index (χ0v) is 22.5. The highest BCUT2D eigenvalue weighted by Gasteiger charge is 2.51. The van der Waals surface area contributed by atoms with E-state index in [0.717, 1.165) is 51.4 Å². The lowest BCUT2D eigenvalue weighted by molar-refractivity contribution is -0.193. The standard InChI is InChI=1S/C20H34N4O3.2C2HF3O2/c1-26-11-10-24-9-8-18(21-13-15-6-7-15)20(14-24)12-17(23-27-20)19(25)22-16-4-2-3-5-16;2*3-2(4,5)1(6)7/h15-16,18,21H,2-14H2,1H3,(H,22,25);2*(H,6,7). The van der Waals surface area contributed by atoms with Crippen molar-refractivity contribution in [3.8, 4) is 0 Å². The Bertz CT molecular complexity index is 899. The second kappa shape index (κ2) is 15.0. The number of hydrogen-bond donors (Lipinski definition) is 4. The third-order valence-corrected chi connectivity index (χ3v) is 7.06. The Balaban J connectivity index is 0.000000349. The molecule has 1 saturated heterocycles. The fourth-order valence-electron chi connectivity index (χ4n) is 4.70. The van der Waals surface area contributed by atoms with Crippen LogP contribution in [0.2, 0.25) is 0 Å². The molecular weight excluding hydrogens is 570 g/mol. The maximum Gasteiger partial charge on any atom is 0.490 e. The van der Waals surface area contributed by atoms with E-state index in [1.54, 1.807) is 7.11 Å². The lowest BCUT2D eigenvalue weighted by Crippen LogP contribution is -2.62. The summed E-state index contributed by atoms with van der Waals surface area (Å²) in [4.78, 5) is 38.9. The molecule has 17 heteroatoms. The Morgan fingerprint density at radius 3 is 2.07 bits per heavy atom. The fraction of sp³-hybridized carbons (Fsp3) is 0.833. The highest BCUT2D eigenvalue weighted by Crippen LogP contribution is 2.35. The van der Waals surface area contributed by atoms with E-state index in [4.69, 9.17) is 29.4 Å². The number of nitrogens with zero attached hydrogens (tertiary/aromatic N) is 2. The van der Waals surface area contributed by atoms with E-state index in [0.29, 0.717) is 24.8 Å². The van der Waals surface area contributed by atoms with Crippen molar-refractivity contribution in [2.24, 2.45) is 11.1 Å². The maximum atomic E-state index is 12.7. The van der Waals surface area contributed by atoms with Crippen LogP contribution >= 0.6 is 0 Å². The first kappa shape index (κ1) is 34.5. The molecular formula is C24H36F6N4O7. The molecule has 0 aromatic rings. The second-order valence-corrected chi connectivity index (χ2v) is 10.4. The monoisotopic (exact) mass is 606 g/mol. The highest BCUT2D eigenvalue weighted by molar-refractivity contribution is 6.39. The number of alkyl halides is 6. The molecule has 4 rings (SSSR count). The fourth-order valence-corrected chi connectivity index (χ4v) is 4.70. The second-order valence-electron chi connectivity index (χ2n) is 10.4. The third kappa shape index (κ3) is 11.6. The van der Waals surface area contributed by atoms with Gasteiger partial charge < -0.3 is 30.4 Å². The van der Waals surface area contributed by atoms with Crippen LogP contribution in [0.25, 0.3) is 0 Å². The molecule has 0 aromatic heterocycles. The number of amides is 1. The highest BCUT2D eigenvalue weighted by atomic mass is 19.4. The number of nitrogens with one attached hydrogen (secondary N) is 2. The molecule has 0 radical (unpaired) electrons. The summed E-state index contributed by atoms with van der Waals surface area (Å²) >= 11 is 0. The predicted octanol–water partition coefficient (Wildman–Crippen LogP) is 2.55. The number of rotatable bonds is 8. The zero-order valence-electron chi connectivity index (χ0n) is 22.5. The number of oxime groups is 1. The molecule has 2 heterocycles. The molecule has 11 nitrogen and oxygen atoms in total. The SMILES string of the molecule is COCCN1CCC(NCC2CC2)C2(CC(C(=O)NC3CCCC3)=NO2)C1.O=C(O)C(F)(F)F.O=C(O)C(F)(F)F. The number of hydrogen-bond acceptors (Lipinski definition) is 8. The van der Waals surface area contributed by atoms with E-state index in [1.807, 2.05) is 0 Å². The number of halogens is 6. The summed E-state index contributed by atoms with van der Waals surface area (Å²) in [5, 5.41) is 25.4. The van der Waals surface area contributed by atoms with Gasteiger partial charge in [0.25, 0.3) is 5.91 Å². The molecule has 236 valence electrons. The average molecular weight is 607 g/mol. The average Bonchev–Trinajstić information content (AvgIpc) is 3.38. The van der Waals surface area contributed by atoms with Crippen molar-refractivity contribution in [2.45, 2.75) is 81.4 Å². The number of carbonyl (C=O) groups is 3. The topological polar surface area (TPSA) is 150 Å². The van der Waals surface area contributed by atoms with Crippen LogP contribution in [-0.2, 0) is 24.0 Å². The lowest BCUT2D eigenvalue weighted by Gasteiger charge is -2.44. The van der Waals surface area contributed by atoms with E-state index in [9.17, 15) is 31.1 Å². The first-order valence-electron chi connectivity index (χ1n) is 13.2. The summed E-state index contributed by atoms with van der Waals surface area (Å²) in [7, 11) is 1.74. The van der Waals surface area contributed by atoms with Crippen molar-refractivity contribution in [1.29, 1.82) is 0 Å². The van der Waals surface area contributed by atoms with Gasteiger partial charge in [0.15, 0.2) is 5.60 Å². The van der Waals surface area contributed by atoms with E-state index >= 15 is 0 Å². The number of methoxy groups -OCH3 is 1. The molecule has 2 atom stereocenters. The number of aliphatic carboxylic acids is 2. The van der Waals surface area contributed by atoms with Crippen LogP contribution in [0.3, 0.4) is 0 Å². The Labute approximate surface area is 232 Å². The minimum Gasteiger partial charge on any atom is -0.475 e. The van der Waals surface area contributed by atoms with E-state index in [-0.39, 0.29) is 11.9 Å². The molecule has 1 spiro atoms. The van der Waals surface area contributed by atoms with Gasteiger partial charge in [0, 0.05) is 39.2 Å². The molecule has 1 amide bonds. The summed E-state index contributed by atoms with van der Waals surface area (Å²) in [6.45, 7) is 4.48. The normalized spacial score (nSPS) is 24.9. The van der Waals surface area contributed by atoms with Crippen molar-refractivity contribution < 1.29 is 60.5 Å². The van der Waals surface area contributed by atoms with Gasteiger partial charge in [-0.15, -0.1) is 0 Å². The van der Waals surface area contributed by atoms with Crippen LogP contribution in [-0.4, -0.2) is 109 Å². The third-order valence-electron chi connectivity index (χ3n) is 7.06. The number of carboxylic acid groups (broad SMARTS) is 2. The van der Waals surface area contributed by atoms with Gasteiger partial charge in [-0.3, -0.25) is 9.69 Å². The molecule has 2 aliphatic heterocycles. The Kier molecular flexibility index (Phi) is 12.6. The molecule has 2 saturated carbocycles. The van der Waals surface area contributed by atoms with Gasteiger partial charge in [-0.05, 0) is 44.6 Å². The van der Waals surface area contributed by atoms with Gasteiger partial charge in [0.1, 0.15) is 5.71 Å². The number of likely N-dealkylation sites (tertiary alicyclic amines) is 1. The van der Waals surface area contributed by atoms with Crippen molar-refractivity contribution in [3.05, 3.63) is 0 Å². The Hall–Kier alpha value is -2.66. The van der Waals surface area contributed by atoms with E-state index in [2.05, 4.69) is 20.7 Å². The summed E-state index contributed by atoms with van der Waals surface area (Å²) in [6, 6.07) is 0.558. The molecule has 4 N–H and O–H groups in total. The lowest BCUT2D eigenvalue weighted by atomic mass is 9.83. The maximum absolute atomic E-state index is 12.7. The van der Waals surface area contributed by atoms with E-state index < -0.39 is 29.9 Å². The number of piperidine rings is 1. The van der Waals surface area contributed by atoms with Crippen LogP contribution < -0.4 is 10.6 Å². The minimum absolute atomic E-state index is 0.0336.